The number of aliphatic hydroxyl groups is 1. The Hall–Kier alpha value is -1.44. The number of nitrogens with zero attached hydrogens (tertiary/aromatic N) is 1. The average molecular weight is 392 g/mol. The van der Waals surface area contributed by atoms with Crippen molar-refractivity contribution in [2.45, 2.75) is 64.4 Å². The fourth-order valence-corrected chi connectivity index (χ4v) is 6.76. The molecule has 0 radical (unpaired) electrons. The van der Waals surface area contributed by atoms with Crippen molar-refractivity contribution >= 4 is 21.6 Å². The van der Waals surface area contributed by atoms with Gasteiger partial charge in [0.2, 0.25) is 0 Å². The summed E-state index contributed by atoms with van der Waals surface area (Å²) in [6.45, 7) is 4.00. The van der Waals surface area contributed by atoms with E-state index in [2.05, 4.69) is 20.5 Å². The highest BCUT2D eigenvalue weighted by Gasteiger charge is 2.31. The van der Waals surface area contributed by atoms with Gasteiger partial charge in [0.25, 0.3) is 0 Å². The van der Waals surface area contributed by atoms with Crippen molar-refractivity contribution in [3.8, 4) is 0 Å². The summed E-state index contributed by atoms with van der Waals surface area (Å²) >= 11 is 0. The van der Waals surface area contributed by atoms with Crippen molar-refractivity contribution in [2.75, 3.05) is 17.6 Å². The van der Waals surface area contributed by atoms with Gasteiger partial charge in [0, 0.05) is 12.2 Å². The smallest absolute Gasteiger partial charge is 0.354 e. The molecule has 148 valence electrons. The van der Waals surface area contributed by atoms with Crippen molar-refractivity contribution in [1.82, 2.24) is 4.72 Å². The van der Waals surface area contributed by atoms with Crippen LogP contribution in [0.15, 0.2) is 10.4 Å². The van der Waals surface area contributed by atoms with Gasteiger partial charge < -0.3 is 10.4 Å². The summed E-state index contributed by atoms with van der Waals surface area (Å²) in [5.74, 6) is 0.356. The maximum atomic E-state index is 12.9. The number of carbonyl (C=O) groups is 1. The Kier molecular flexibility index (Phi) is 4.81. The minimum absolute atomic E-state index is 0.0549. The summed E-state index contributed by atoms with van der Waals surface area (Å²) < 4.78 is 19.9. The molecule has 1 fully saturated rings. The number of benzene rings is 1. The van der Waals surface area contributed by atoms with Crippen molar-refractivity contribution in [3.05, 3.63) is 28.3 Å². The van der Waals surface area contributed by atoms with E-state index in [1.54, 1.807) is 13.8 Å². The van der Waals surface area contributed by atoms with Gasteiger partial charge in [-0.05, 0) is 87.0 Å². The molecule has 0 saturated carbocycles. The van der Waals surface area contributed by atoms with E-state index in [0.717, 1.165) is 44.2 Å². The number of nitrogens with one attached hydrogen (secondary N) is 2. The highest BCUT2D eigenvalue weighted by atomic mass is 32.2. The number of amides is 2. The monoisotopic (exact) mass is 391 g/mol. The normalized spacial score (nSPS) is 26.7. The van der Waals surface area contributed by atoms with E-state index in [9.17, 15) is 14.1 Å². The summed E-state index contributed by atoms with van der Waals surface area (Å²) in [6.07, 6.45) is 6.89. The van der Waals surface area contributed by atoms with Crippen LogP contribution in [0, 0.1) is 5.92 Å². The first-order chi connectivity index (χ1) is 12.7. The van der Waals surface area contributed by atoms with Crippen LogP contribution in [0.2, 0.25) is 0 Å². The molecule has 6 nitrogen and oxygen atoms in total. The van der Waals surface area contributed by atoms with Crippen molar-refractivity contribution in [3.63, 3.8) is 0 Å². The highest BCUT2D eigenvalue weighted by molar-refractivity contribution is 7.92. The molecule has 0 spiro atoms. The maximum Gasteiger partial charge on any atom is 0.354 e. The van der Waals surface area contributed by atoms with Crippen molar-refractivity contribution in [2.24, 2.45) is 10.3 Å². The first-order valence-corrected chi connectivity index (χ1v) is 11.6. The van der Waals surface area contributed by atoms with E-state index in [4.69, 9.17) is 0 Å². The van der Waals surface area contributed by atoms with Crippen molar-refractivity contribution in [1.29, 1.82) is 0 Å². The van der Waals surface area contributed by atoms with E-state index in [0.29, 0.717) is 18.7 Å². The fraction of sp³-hybridized carbons (Fsp3) is 0.650. The first kappa shape index (κ1) is 18.9. The molecule has 1 aliphatic heterocycles. The van der Waals surface area contributed by atoms with Gasteiger partial charge in [0.15, 0.2) is 0 Å². The lowest BCUT2D eigenvalue weighted by atomic mass is 9.95. The number of carbonyl (C=O) groups excluding carboxylic acids is 1. The lowest BCUT2D eigenvalue weighted by Gasteiger charge is -2.20. The van der Waals surface area contributed by atoms with Gasteiger partial charge >= 0.3 is 6.03 Å². The number of urea groups is 1. The Morgan fingerprint density at radius 3 is 2.48 bits per heavy atom. The van der Waals surface area contributed by atoms with E-state index in [-0.39, 0.29) is 5.92 Å². The number of anilines is 1. The van der Waals surface area contributed by atoms with Crippen LogP contribution in [0.5, 0.6) is 0 Å². The van der Waals surface area contributed by atoms with Crippen LogP contribution >= 0.6 is 0 Å². The molecule has 3 aliphatic rings. The molecule has 4 rings (SSSR count). The molecule has 1 saturated heterocycles. The molecule has 2 amide bonds. The second-order valence-electron chi connectivity index (χ2n) is 8.79. The van der Waals surface area contributed by atoms with E-state index in [1.807, 2.05) is 0 Å². The Balaban J connectivity index is 1.54. The topological polar surface area (TPSA) is 90.8 Å². The van der Waals surface area contributed by atoms with Crippen LogP contribution in [0.3, 0.4) is 0 Å². The number of hydrogen-bond donors (Lipinski definition) is 3. The predicted octanol–water partition coefficient (Wildman–Crippen LogP) is 2.96. The Morgan fingerprint density at radius 2 is 1.89 bits per heavy atom. The van der Waals surface area contributed by atoms with Gasteiger partial charge in [-0.15, -0.1) is 4.36 Å². The summed E-state index contributed by atoms with van der Waals surface area (Å²) in [6, 6.07) is 1.79. The van der Waals surface area contributed by atoms with Crippen LogP contribution in [0.25, 0.3) is 0 Å². The van der Waals surface area contributed by atoms with Gasteiger partial charge in [-0.3, -0.25) is 0 Å². The summed E-state index contributed by atoms with van der Waals surface area (Å²) in [4.78, 5) is 12.6. The number of rotatable bonds is 3. The van der Waals surface area contributed by atoms with Crippen LogP contribution < -0.4 is 10.0 Å². The zero-order valence-corrected chi connectivity index (χ0v) is 17.0. The van der Waals surface area contributed by atoms with Gasteiger partial charge in [-0.25, -0.2) is 13.7 Å². The molecule has 0 bridgehead atoms. The first-order valence-electron chi connectivity index (χ1n) is 9.92. The van der Waals surface area contributed by atoms with Gasteiger partial charge in [-0.1, -0.05) is 6.07 Å². The standard InChI is InChI=1S/C20H29N3O3S/c1-20(2,25)10-13-11-21-27(26,12-13)23-19(24)22-18-16-7-3-5-14(16)9-15-6-4-8-17(15)18/h9,13,25H,3-8,10-12H2,1-2H3,(H2,21,22,23,24,26). The minimum atomic E-state index is -2.77. The lowest BCUT2D eigenvalue weighted by Crippen LogP contribution is -2.25. The Bertz CT molecular complexity index is 862. The lowest BCUT2D eigenvalue weighted by molar-refractivity contribution is 0.0575. The molecule has 1 aromatic carbocycles. The average Bonchev–Trinajstić information content (AvgIpc) is 3.25. The van der Waals surface area contributed by atoms with Crippen LogP contribution in [-0.2, 0) is 35.6 Å². The third-order valence-corrected chi connectivity index (χ3v) is 7.78. The third kappa shape index (κ3) is 4.05. The molecule has 2 unspecified atom stereocenters. The van der Waals surface area contributed by atoms with Crippen LogP contribution in [0.1, 0.15) is 55.4 Å². The molecular formula is C20H29N3O3S. The van der Waals surface area contributed by atoms with Gasteiger partial charge in [0.05, 0.1) is 11.4 Å². The Morgan fingerprint density at radius 1 is 1.26 bits per heavy atom. The molecule has 27 heavy (non-hydrogen) atoms. The molecule has 1 aromatic rings. The fourth-order valence-electron chi connectivity index (χ4n) is 4.82. The predicted molar refractivity (Wildman–Crippen MR) is 107 cm³/mol. The summed E-state index contributed by atoms with van der Waals surface area (Å²) in [5, 5.41) is 13.0. The van der Waals surface area contributed by atoms with Crippen molar-refractivity contribution < 1.29 is 14.1 Å². The van der Waals surface area contributed by atoms with Gasteiger partial charge in [-0.2, -0.15) is 0 Å². The summed E-state index contributed by atoms with van der Waals surface area (Å²) in [7, 11) is -2.77. The highest BCUT2D eigenvalue weighted by Crippen LogP contribution is 2.38. The molecule has 3 N–H and O–H groups in total. The minimum Gasteiger partial charge on any atom is -0.390 e. The third-order valence-electron chi connectivity index (χ3n) is 5.78. The second kappa shape index (κ2) is 6.87. The maximum absolute atomic E-state index is 12.9. The van der Waals surface area contributed by atoms with E-state index in [1.165, 1.54) is 22.3 Å². The number of hydrogen-bond acceptors (Lipinski definition) is 3. The van der Waals surface area contributed by atoms with Crippen LogP contribution in [-0.4, -0.2) is 33.2 Å². The molecule has 2 atom stereocenters. The zero-order chi connectivity index (χ0) is 19.2. The molecule has 0 aromatic heterocycles. The SMILES string of the molecule is CC(C)(O)CC1CNS(=O)(=NC(=O)Nc2c3c(cc4c2CCC4)CCC3)C1. The number of fused-ring (bicyclic) bond motifs is 2. The molecule has 2 aliphatic carbocycles. The number of aryl methyl sites for hydroxylation is 2. The Labute approximate surface area is 161 Å². The summed E-state index contributed by atoms with van der Waals surface area (Å²) in [5.41, 5.74) is 5.30. The zero-order valence-electron chi connectivity index (χ0n) is 16.1. The van der Waals surface area contributed by atoms with E-state index >= 15 is 0 Å². The largest absolute Gasteiger partial charge is 0.390 e. The molecular weight excluding hydrogens is 362 g/mol. The van der Waals surface area contributed by atoms with Crippen LogP contribution in [0.4, 0.5) is 10.5 Å². The molecule has 7 heteroatoms. The van der Waals surface area contributed by atoms with Gasteiger partial charge in [0.1, 0.15) is 9.92 Å². The second-order valence-corrected chi connectivity index (χ2v) is 10.9. The molecule has 1 heterocycles. The van der Waals surface area contributed by atoms with E-state index < -0.39 is 21.5 Å². The quantitative estimate of drug-likeness (QED) is 0.740.